The number of anilines is 1. The zero-order chi connectivity index (χ0) is 21.5. The molecule has 0 bridgehead atoms. The molecule has 0 saturated carbocycles. The molecular formula is C23H26N2O4S. The van der Waals surface area contributed by atoms with Crippen molar-refractivity contribution in [1.29, 1.82) is 0 Å². The van der Waals surface area contributed by atoms with E-state index in [0.29, 0.717) is 35.3 Å². The Labute approximate surface area is 176 Å². The molecule has 2 heterocycles. The molecule has 1 aromatic heterocycles. The summed E-state index contributed by atoms with van der Waals surface area (Å²) in [7, 11) is -3.92. The lowest BCUT2D eigenvalue weighted by molar-refractivity contribution is 0.0693. The molecule has 0 radical (unpaired) electrons. The highest BCUT2D eigenvalue weighted by molar-refractivity contribution is 7.93. The summed E-state index contributed by atoms with van der Waals surface area (Å²) in [6, 6.07) is 10.6. The van der Waals surface area contributed by atoms with Gasteiger partial charge in [-0.25, -0.2) is 8.42 Å². The summed E-state index contributed by atoms with van der Waals surface area (Å²) in [5.41, 5.74) is 2.83. The van der Waals surface area contributed by atoms with E-state index in [-0.39, 0.29) is 22.1 Å². The van der Waals surface area contributed by atoms with Crippen LogP contribution in [0.1, 0.15) is 46.5 Å². The molecule has 2 aromatic carbocycles. The number of hydrogen-bond acceptors (Lipinski definition) is 4. The minimum absolute atomic E-state index is 0.0853. The molecule has 0 atom stereocenters. The number of carbonyl (C=O) groups is 1. The Balaban J connectivity index is 1.85. The average Bonchev–Trinajstić information content (AvgIpc) is 3.05. The van der Waals surface area contributed by atoms with Crippen LogP contribution in [0.3, 0.4) is 0 Å². The van der Waals surface area contributed by atoms with Crippen molar-refractivity contribution in [1.82, 2.24) is 4.90 Å². The molecule has 7 heteroatoms. The van der Waals surface area contributed by atoms with E-state index < -0.39 is 10.0 Å². The Morgan fingerprint density at radius 3 is 2.33 bits per heavy atom. The minimum Gasteiger partial charge on any atom is -0.449 e. The molecule has 6 nitrogen and oxygen atoms in total. The maximum atomic E-state index is 13.3. The quantitative estimate of drug-likeness (QED) is 0.651. The van der Waals surface area contributed by atoms with Crippen molar-refractivity contribution >= 4 is 32.6 Å². The third-order valence-electron chi connectivity index (χ3n) is 5.82. The number of sulfonamides is 1. The van der Waals surface area contributed by atoms with Crippen molar-refractivity contribution in [2.75, 3.05) is 17.8 Å². The first-order valence-electron chi connectivity index (χ1n) is 10.2. The summed E-state index contributed by atoms with van der Waals surface area (Å²) in [6.45, 7) is 6.86. The van der Waals surface area contributed by atoms with Crippen LogP contribution in [0, 0.1) is 20.8 Å². The molecule has 0 spiro atoms. The number of likely N-dealkylation sites (tertiary alicyclic amines) is 1. The van der Waals surface area contributed by atoms with Gasteiger partial charge in [0.15, 0.2) is 11.3 Å². The monoisotopic (exact) mass is 426 g/mol. The number of fused-ring (bicyclic) bond motifs is 1. The molecule has 1 saturated heterocycles. The minimum atomic E-state index is -3.92. The van der Waals surface area contributed by atoms with Crippen LogP contribution in [0.5, 0.6) is 0 Å². The number of furan rings is 1. The number of nitrogens with zero attached hydrogens (tertiary/aromatic N) is 1. The molecule has 1 aliphatic rings. The van der Waals surface area contributed by atoms with Gasteiger partial charge < -0.3 is 9.32 Å². The summed E-state index contributed by atoms with van der Waals surface area (Å²) >= 11 is 0. The second-order valence-corrected chi connectivity index (χ2v) is 9.52. The Bertz CT molecular complexity index is 1210. The Morgan fingerprint density at radius 2 is 1.67 bits per heavy atom. The lowest BCUT2D eigenvalue weighted by Gasteiger charge is -2.25. The van der Waals surface area contributed by atoms with Gasteiger partial charge in [0, 0.05) is 29.7 Å². The highest BCUT2D eigenvalue weighted by Crippen LogP contribution is 2.36. The van der Waals surface area contributed by atoms with E-state index in [0.717, 1.165) is 24.8 Å². The van der Waals surface area contributed by atoms with Gasteiger partial charge >= 0.3 is 0 Å². The molecule has 0 unspecified atom stereocenters. The molecule has 4 rings (SSSR count). The van der Waals surface area contributed by atoms with Gasteiger partial charge in [0.25, 0.3) is 15.9 Å². The summed E-state index contributed by atoms with van der Waals surface area (Å²) < 4.78 is 35.3. The molecule has 1 aliphatic heterocycles. The highest BCUT2D eigenvalue weighted by atomic mass is 32.2. The van der Waals surface area contributed by atoms with Crippen molar-refractivity contribution < 1.29 is 17.6 Å². The summed E-state index contributed by atoms with van der Waals surface area (Å²) in [6.07, 6.45) is 3.07. The van der Waals surface area contributed by atoms with Crippen LogP contribution in [-0.4, -0.2) is 32.3 Å². The lowest BCUT2D eigenvalue weighted by Crippen LogP contribution is -2.35. The lowest BCUT2D eigenvalue weighted by atomic mass is 10.0. The van der Waals surface area contributed by atoms with Crippen LogP contribution in [0.25, 0.3) is 11.0 Å². The van der Waals surface area contributed by atoms with Crippen LogP contribution in [0.2, 0.25) is 0 Å². The Kier molecular flexibility index (Phi) is 5.32. The molecule has 1 fully saturated rings. The Morgan fingerprint density at radius 1 is 1.00 bits per heavy atom. The van der Waals surface area contributed by atoms with Crippen LogP contribution < -0.4 is 4.72 Å². The maximum Gasteiger partial charge on any atom is 0.289 e. The van der Waals surface area contributed by atoms with Crippen molar-refractivity contribution in [3.63, 3.8) is 0 Å². The summed E-state index contributed by atoms with van der Waals surface area (Å²) in [5.74, 6) is 0.0612. The fraction of sp³-hybridized carbons (Fsp3) is 0.348. The van der Waals surface area contributed by atoms with Crippen LogP contribution in [-0.2, 0) is 10.0 Å². The van der Waals surface area contributed by atoms with Gasteiger partial charge in [0.2, 0.25) is 0 Å². The molecular weight excluding hydrogens is 400 g/mol. The van der Waals surface area contributed by atoms with Crippen molar-refractivity contribution in [2.24, 2.45) is 0 Å². The first-order valence-corrected chi connectivity index (χ1v) is 11.7. The van der Waals surface area contributed by atoms with E-state index in [4.69, 9.17) is 4.42 Å². The van der Waals surface area contributed by atoms with Crippen molar-refractivity contribution in [3.8, 4) is 0 Å². The van der Waals surface area contributed by atoms with E-state index in [1.54, 1.807) is 36.1 Å². The standard InChI is InChI=1S/C23H26N2O4S/c1-15-14-19-17(3)20(23(26)25-12-8-5-9-13-25)29-21(19)22(16(15)2)30(27,28)24-18-10-6-4-7-11-18/h4,6-7,10-11,14,24H,5,8-9,12-13H2,1-3H3. The number of carbonyl (C=O) groups excluding carboxylic acids is 1. The fourth-order valence-electron chi connectivity index (χ4n) is 4.02. The van der Waals surface area contributed by atoms with Gasteiger partial charge in [-0.05, 0) is 69.4 Å². The molecule has 1 amide bonds. The largest absolute Gasteiger partial charge is 0.449 e. The molecule has 30 heavy (non-hydrogen) atoms. The normalized spacial score (nSPS) is 14.8. The topological polar surface area (TPSA) is 79.6 Å². The molecule has 1 N–H and O–H groups in total. The van der Waals surface area contributed by atoms with Gasteiger partial charge in [-0.1, -0.05) is 18.2 Å². The first kappa shape index (κ1) is 20.5. The van der Waals surface area contributed by atoms with Crippen molar-refractivity contribution in [3.05, 3.63) is 58.8 Å². The van der Waals surface area contributed by atoms with Gasteiger partial charge in [-0.15, -0.1) is 0 Å². The van der Waals surface area contributed by atoms with E-state index in [1.807, 2.05) is 26.0 Å². The zero-order valence-electron chi connectivity index (χ0n) is 17.5. The van der Waals surface area contributed by atoms with Gasteiger partial charge in [-0.3, -0.25) is 9.52 Å². The average molecular weight is 427 g/mol. The van der Waals surface area contributed by atoms with Gasteiger partial charge in [0.1, 0.15) is 4.90 Å². The van der Waals surface area contributed by atoms with E-state index in [1.165, 1.54) is 0 Å². The van der Waals surface area contributed by atoms with Gasteiger partial charge in [-0.2, -0.15) is 0 Å². The second-order valence-electron chi connectivity index (χ2n) is 7.90. The number of para-hydroxylation sites is 1. The van der Waals surface area contributed by atoms with E-state index >= 15 is 0 Å². The second kappa shape index (κ2) is 7.80. The fourth-order valence-corrected chi connectivity index (χ4v) is 5.53. The number of nitrogens with one attached hydrogen (secondary N) is 1. The number of benzene rings is 2. The van der Waals surface area contributed by atoms with Crippen LogP contribution >= 0.6 is 0 Å². The predicted octanol–water partition coefficient (Wildman–Crippen LogP) is 4.78. The highest BCUT2D eigenvalue weighted by Gasteiger charge is 2.30. The maximum absolute atomic E-state index is 13.3. The zero-order valence-corrected chi connectivity index (χ0v) is 18.3. The number of piperidine rings is 1. The molecule has 0 aliphatic carbocycles. The molecule has 3 aromatic rings. The summed E-state index contributed by atoms with van der Waals surface area (Å²) in [5, 5.41) is 0.659. The number of rotatable bonds is 4. The summed E-state index contributed by atoms with van der Waals surface area (Å²) in [4.78, 5) is 15.0. The third-order valence-corrected chi connectivity index (χ3v) is 7.36. The number of aryl methyl sites for hydroxylation is 2. The number of amides is 1. The van der Waals surface area contributed by atoms with E-state index in [2.05, 4.69) is 4.72 Å². The third kappa shape index (κ3) is 3.58. The van der Waals surface area contributed by atoms with Crippen LogP contribution in [0.15, 0.2) is 45.7 Å². The molecule has 158 valence electrons. The number of hydrogen-bond donors (Lipinski definition) is 1. The smallest absolute Gasteiger partial charge is 0.289 e. The predicted molar refractivity (Wildman–Crippen MR) is 117 cm³/mol. The van der Waals surface area contributed by atoms with Crippen molar-refractivity contribution in [2.45, 2.75) is 44.9 Å². The van der Waals surface area contributed by atoms with Crippen LogP contribution in [0.4, 0.5) is 5.69 Å². The SMILES string of the molecule is Cc1cc2c(C)c(C(=O)N3CCCCC3)oc2c(S(=O)(=O)Nc2ccccc2)c1C. The first-order chi connectivity index (χ1) is 14.3. The van der Waals surface area contributed by atoms with Gasteiger partial charge in [0.05, 0.1) is 0 Å². The van der Waals surface area contributed by atoms with E-state index in [9.17, 15) is 13.2 Å². The Hall–Kier alpha value is -2.80.